The van der Waals surface area contributed by atoms with Crippen molar-refractivity contribution in [3.8, 4) is 0 Å². The lowest BCUT2D eigenvalue weighted by molar-refractivity contribution is 0.124. The minimum atomic E-state index is -0.739. The van der Waals surface area contributed by atoms with E-state index in [1.807, 2.05) is 0 Å². The van der Waals surface area contributed by atoms with Crippen LogP contribution in [0.4, 0.5) is 9.59 Å². The number of hydrogen-bond acceptors (Lipinski definition) is 6. The molecule has 6 nitrogen and oxygen atoms in total. The topological polar surface area (TPSA) is 71.1 Å². The lowest BCUT2D eigenvalue weighted by atomic mass is 10.3. The first-order valence-electron chi connectivity index (χ1n) is 4.13. The van der Waals surface area contributed by atoms with Crippen LogP contribution in [0.3, 0.4) is 0 Å². The Morgan fingerprint density at radius 3 is 2.40 bits per heavy atom. The molecule has 0 aromatic rings. The summed E-state index contributed by atoms with van der Waals surface area (Å²) in [6.07, 6.45) is -0.462. The third kappa shape index (κ3) is 3.01. The molecule has 0 spiro atoms. The summed E-state index contributed by atoms with van der Waals surface area (Å²) in [4.78, 5) is 20.9. The van der Waals surface area contributed by atoms with Crippen molar-refractivity contribution in [3.63, 3.8) is 0 Å². The van der Waals surface area contributed by atoms with Crippen molar-refractivity contribution >= 4 is 12.3 Å². The van der Waals surface area contributed by atoms with E-state index in [-0.39, 0.29) is 13.2 Å². The number of cyclic esters (lactones) is 4. The van der Waals surface area contributed by atoms with Crippen LogP contribution < -0.4 is 0 Å². The minimum Gasteiger partial charge on any atom is -0.430 e. The summed E-state index contributed by atoms with van der Waals surface area (Å²) in [5.41, 5.74) is 0. The summed E-state index contributed by atoms with van der Waals surface area (Å²) in [7, 11) is 0. The highest BCUT2D eigenvalue weighted by atomic mass is 16.8. The van der Waals surface area contributed by atoms with E-state index in [1.165, 1.54) is 6.08 Å². The fourth-order valence-corrected chi connectivity index (χ4v) is 1.01. The van der Waals surface area contributed by atoms with Gasteiger partial charge in [-0.2, -0.15) is 0 Å². The van der Waals surface area contributed by atoms with Gasteiger partial charge in [-0.1, -0.05) is 0 Å². The Labute approximate surface area is 86.1 Å². The zero-order valence-electron chi connectivity index (χ0n) is 7.93. The third-order valence-corrected chi connectivity index (χ3v) is 1.53. The number of rotatable bonds is 1. The van der Waals surface area contributed by atoms with Crippen LogP contribution in [0.5, 0.6) is 0 Å². The van der Waals surface area contributed by atoms with Gasteiger partial charge in [0.2, 0.25) is 0 Å². The summed E-state index contributed by atoms with van der Waals surface area (Å²) in [6, 6.07) is 0. The van der Waals surface area contributed by atoms with E-state index in [1.54, 1.807) is 0 Å². The molecule has 0 aromatic carbocycles. The Balaban J connectivity index is 0.000000531. The van der Waals surface area contributed by atoms with Gasteiger partial charge in [-0.3, -0.25) is 0 Å². The van der Waals surface area contributed by atoms with E-state index >= 15 is 0 Å². The Hall–Kier alpha value is -1.98. The zero-order valence-corrected chi connectivity index (χ0v) is 7.93. The van der Waals surface area contributed by atoms with Crippen LogP contribution in [0.1, 0.15) is 0 Å². The Kier molecular flexibility index (Phi) is 3.73. The SMILES string of the molecule is C=C.O=C1OC/C(=C/C2COC(=O)O2)O1. The summed E-state index contributed by atoms with van der Waals surface area (Å²) in [5, 5.41) is 0. The third-order valence-electron chi connectivity index (χ3n) is 1.53. The number of hydrogen-bond donors (Lipinski definition) is 0. The molecule has 2 heterocycles. The maximum Gasteiger partial charge on any atom is 0.514 e. The second kappa shape index (κ2) is 5.04. The smallest absolute Gasteiger partial charge is 0.430 e. The molecular formula is C9H10O6. The first-order chi connectivity index (χ1) is 7.24. The molecule has 2 aliphatic heterocycles. The highest BCUT2D eigenvalue weighted by molar-refractivity contribution is 5.64. The Morgan fingerprint density at radius 1 is 1.20 bits per heavy atom. The average molecular weight is 214 g/mol. The van der Waals surface area contributed by atoms with Crippen molar-refractivity contribution in [3.05, 3.63) is 25.0 Å². The molecule has 0 amide bonds. The predicted octanol–water partition coefficient (Wildman–Crippen LogP) is 1.37. The van der Waals surface area contributed by atoms with E-state index < -0.39 is 18.4 Å². The summed E-state index contributed by atoms with van der Waals surface area (Å²) >= 11 is 0. The van der Waals surface area contributed by atoms with Gasteiger partial charge < -0.3 is 18.9 Å². The second-order valence-electron chi connectivity index (χ2n) is 2.49. The van der Waals surface area contributed by atoms with E-state index in [9.17, 15) is 9.59 Å². The van der Waals surface area contributed by atoms with Gasteiger partial charge in [0, 0.05) is 6.08 Å². The van der Waals surface area contributed by atoms with Crippen LogP contribution >= 0.6 is 0 Å². The lowest BCUT2D eigenvalue weighted by Gasteiger charge is -1.98. The molecule has 15 heavy (non-hydrogen) atoms. The molecule has 6 heteroatoms. The van der Waals surface area contributed by atoms with Crippen molar-refractivity contribution in [2.45, 2.75) is 6.10 Å². The highest BCUT2D eigenvalue weighted by Crippen LogP contribution is 2.15. The normalized spacial score (nSPS) is 25.9. The molecule has 0 saturated carbocycles. The van der Waals surface area contributed by atoms with Gasteiger partial charge in [0.15, 0.2) is 12.7 Å². The van der Waals surface area contributed by atoms with Gasteiger partial charge in [-0.15, -0.1) is 13.2 Å². The predicted molar refractivity (Wildman–Crippen MR) is 48.0 cm³/mol. The van der Waals surface area contributed by atoms with Crippen molar-refractivity contribution in [1.29, 1.82) is 0 Å². The number of carbonyl (C=O) groups excluding carboxylic acids is 2. The zero-order chi connectivity index (χ0) is 11.3. The summed E-state index contributed by atoms with van der Waals surface area (Å²) < 4.78 is 18.3. The van der Waals surface area contributed by atoms with Gasteiger partial charge in [-0.05, 0) is 0 Å². The fraction of sp³-hybridized carbons (Fsp3) is 0.333. The van der Waals surface area contributed by atoms with Crippen molar-refractivity contribution in [1.82, 2.24) is 0 Å². The molecule has 0 N–H and O–H groups in total. The van der Waals surface area contributed by atoms with E-state index in [0.29, 0.717) is 5.76 Å². The van der Waals surface area contributed by atoms with Crippen LogP contribution in [-0.2, 0) is 18.9 Å². The monoisotopic (exact) mass is 214 g/mol. The largest absolute Gasteiger partial charge is 0.514 e. The van der Waals surface area contributed by atoms with Crippen LogP contribution in [-0.4, -0.2) is 31.6 Å². The van der Waals surface area contributed by atoms with Gasteiger partial charge >= 0.3 is 12.3 Å². The maximum atomic E-state index is 10.5. The van der Waals surface area contributed by atoms with Crippen molar-refractivity contribution < 1.29 is 28.5 Å². The second-order valence-corrected chi connectivity index (χ2v) is 2.49. The van der Waals surface area contributed by atoms with Gasteiger partial charge in [0.25, 0.3) is 0 Å². The minimum absolute atomic E-state index is 0.0763. The molecule has 0 bridgehead atoms. The quantitative estimate of drug-likeness (QED) is 0.485. The van der Waals surface area contributed by atoms with Crippen LogP contribution in [0, 0.1) is 0 Å². The highest BCUT2D eigenvalue weighted by Gasteiger charge is 2.26. The molecule has 2 saturated heterocycles. The van der Waals surface area contributed by atoms with Crippen LogP contribution in [0.15, 0.2) is 25.0 Å². The van der Waals surface area contributed by atoms with E-state index in [2.05, 4.69) is 32.1 Å². The van der Waals surface area contributed by atoms with Crippen LogP contribution in [0.2, 0.25) is 0 Å². The molecule has 0 aromatic heterocycles. The first-order valence-corrected chi connectivity index (χ1v) is 4.13. The molecule has 0 radical (unpaired) electrons. The van der Waals surface area contributed by atoms with Crippen molar-refractivity contribution in [2.75, 3.05) is 13.2 Å². The molecule has 2 rings (SSSR count). The van der Waals surface area contributed by atoms with E-state index in [0.717, 1.165) is 0 Å². The first kappa shape index (κ1) is 11.1. The molecule has 1 atom stereocenters. The standard InChI is InChI=1S/C7H6O6.C2H4/c8-6-10-2-4(12-6)1-5-3-11-7(9)13-5;1-2/h1,4H,2-3H2;1-2H2/b5-1-;. The fourth-order valence-electron chi connectivity index (χ4n) is 1.01. The molecular weight excluding hydrogens is 204 g/mol. The molecule has 1 unspecified atom stereocenters. The molecule has 2 aliphatic rings. The summed E-state index contributed by atoms with van der Waals surface area (Å²) in [5.74, 6) is 0.341. The van der Waals surface area contributed by atoms with Gasteiger partial charge in [0.1, 0.15) is 12.4 Å². The average Bonchev–Trinajstić information content (AvgIpc) is 2.80. The van der Waals surface area contributed by atoms with Gasteiger partial charge in [-0.25, -0.2) is 9.59 Å². The number of ether oxygens (including phenoxy) is 4. The molecule has 2 fully saturated rings. The molecule has 82 valence electrons. The lowest BCUT2D eigenvalue weighted by Crippen LogP contribution is -2.07. The molecule has 0 aliphatic carbocycles. The Morgan fingerprint density at radius 2 is 1.93 bits per heavy atom. The number of carbonyl (C=O) groups is 2. The van der Waals surface area contributed by atoms with Crippen LogP contribution in [0.25, 0.3) is 0 Å². The van der Waals surface area contributed by atoms with Crippen molar-refractivity contribution in [2.24, 2.45) is 0 Å². The maximum absolute atomic E-state index is 10.5. The summed E-state index contributed by atoms with van der Waals surface area (Å²) in [6.45, 7) is 6.22. The van der Waals surface area contributed by atoms with E-state index in [4.69, 9.17) is 0 Å². The Bertz CT molecular complexity index is 295. The van der Waals surface area contributed by atoms with Gasteiger partial charge in [0.05, 0.1) is 0 Å².